The minimum atomic E-state index is -0.194. The molecule has 1 aromatic carbocycles. The van der Waals surface area contributed by atoms with Gasteiger partial charge in [-0.05, 0) is 36.5 Å². The Morgan fingerprint density at radius 1 is 1.50 bits per heavy atom. The third kappa shape index (κ3) is 2.69. The Kier molecular flexibility index (Phi) is 3.66. The van der Waals surface area contributed by atoms with E-state index in [1.54, 1.807) is 12.1 Å². The highest BCUT2D eigenvalue weighted by molar-refractivity contribution is 9.10. The zero-order chi connectivity index (χ0) is 13.3. The number of amides is 1. The van der Waals surface area contributed by atoms with Crippen LogP contribution < -0.4 is 5.32 Å². The molecule has 3 nitrogen and oxygen atoms in total. The first-order valence-electron chi connectivity index (χ1n) is 6.19. The van der Waals surface area contributed by atoms with Crippen LogP contribution in [0.15, 0.2) is 22.7 Å². The molecular formula is C14H18BrNO2. The van der Waals surface area contributed by atoms with Crippen molar-refractivity contribution in [1.82, 2.24) is 5.32 Å². The number of phenolic OH excluding ortho intramolecular Hbond substituents is 1. The fraction of sp³-hybridized carbons (Fsp3) is 0.500. The molecule has 0 spiro atoms. The van der Waals surface area contributed by atoms with Crippen LogP contribution in [0.4, 0.5) is 0 Å². The number of nitrogens with one attached hydrogen (secondary N) is 1. The molecule has 1 saturated carbocycles. The lowest BCUT2D eigenvalue weighted by atomic mass is 9.87. The van der Waals surface area contributed by atoms with Gasteiger partial charge in [-0.25, -0.2) is 0 Å². The van der Waals surface area contributed by atoms with Gasteiger partial charge >= 0.3 is 0 Å². The van der Waals surface area contributed by atoms with E-state index in [0.29, 0.717) is 5.56 Å². The highest BCUT2D eigenvalue weighted by Crippen LogP contribution is 2.37. The number of benzene rings is 1. The molecule has 1 aliphatic carbocycles. The summed E-state index contributed by atoms with van der Waals surface area (Å²) in [6.45, 7) is 4.35. The monoisotopic (exact) mass is 311 g/mol. The van der Waals surface area contributed by atoms with Crippen LogP contribution in [0.3, 0.4) is 0 Å². The number of rotatable bonds is 2. The maximum Gasteiger partial charge on any atom is 0.255 e. The lowest BCUT2D eigenvalue weighted by Crippen LogP contribution is -2.41. The van der Waals surface area contributed by atoms with Crippen LogP contribution in [0.5, 0.6) is 5.75 Å². The maximum atomic E-state index is 12.1. The molecule has 0 radical (unpaired) electrons. The minimum Gasteiger partial charge on any atom is -0.507 e. The fourth-order valence-electron chi connectivity index (χ4n) is 2.53. The second kappa shape index (κ2) is 4.92. The van der Waals surface area contributed by atoms with Crippen molar-refractivity contribution in [2.75, 3.05) is 0 Å². The van der Waals surface area contributed by atoms with Crippen LogP contribution in [-0.4, -0.2) is 17.1 Å². The summed E-state index contributed by atoms with van der Waals surface area (Å²) in [7, 11) is 0. The molecule has 1 fully saturated rings. The zero-order valence-electron chi connectivity index (χ0n) is 10.7. The Morgan fingerprint density at radius 3 is 2.78 bits per heavy atom. The van der Waals surface area contributed by atoms with Gasteiger partial charge in [-0.3, -0.25) is 4.79 Å². The molecule has 1 aromatic rings. The first-order valence-corrected chi connectivity index (χ1v) is 6.99. The second-order valence-corrected chi connectivity index (χ2v) is 6.48. The van der Waals surface area contributed by atoms with Crippen LogP contribution in [0.25, 0.3) is 0 Å². The van der Waals surface area contributed by atoms with Crippen molar-refractivity contribution < 1.29 is 9.90 Å². The molecular weight excluding hydrogens is 294 g/mol. The maximum absolute atomic E-state index is 12.1. The molecule has 0 aliphatic heterocycles. The van der Waals surface area contributed by atoms with Gasteiger partial charge in [0.2, 0.25) is 0 Å². The topological polar surface area (TPSA) is 49.3 Å². The van der Waals surface area contributed by atoms with Crippen LogP contribution in [0, 0.1) is 5.41 Å². The summed E-state index contributed by atoms with van der Waals surface area (Å²) in [5.41, 5.74) is 0.474. The van der Waals surface area contributed by atoms with Crippen molar-refractivity contribution in [3.63, 3.8) is 0 Å². The number of carbonyl (C=O) groups is 1. The lowest BCUT2D eigenvalue weighted by Gasteiger charge is -2.27. The Hall–Kier alpha value is -1.03. The number of hydrogen-bond donors (Lipinski definition) is 2. The third-order valence-electron chi connectivity index (χ3n) is 3.77. The van der Waals surface area contributed by atoms with E-state index in [-0.39, 0.29) is 23.1 Å². The minimum absolute atomic E-state index is 0.0117. The van der Waals surface area contributed by atoms with Gasteiger partial charge in [0.1, 0.15) is 5.75 Å². The van der Waals surface area contributed by atoms with Crippen LogP contribution in [0.1, 0.15) is 43.5 Å². The first kappa shape index (κ1) is 13.4. The summed E-state index contributed by atoms with van der Waals surface area (Å²) in [6, 6.07) is 5.12. The first-order chi connectivity index (χ1) is 8.40. The zero-order valence-corrected chi connectivity index (χ0v) is 12.3. The van der Waals surface area contributed by atoms with Gasteiger partial charge in [0.15, 0.2) is 0 Å². The standard InChI is InChI=1S/C14H18BrNO2/c1-14(2)7-3-4-12(14)16-13(18)10-6-5-9(15)8-11(10)17/h5-6,8,12,17H,3-4,7H2,1-2H3,(H,16,18). The molecule has 98 valence electrons. The average molecular weight is 312 g/mol. The number of aromatic hydroxyl groups is 1. The summed E-state index contributed by atoms with van der Waals surface area (Å²) >= 11 is 3.26. The van der Waals surface area contributed by atoms with Gasteiger partial charge in [-0.1, -0.05) is 36.2 Å². The van der Waals surface area contributed by atoms with Crippen molar-refractivity contribution in [2.45, 2.75) is 39.2 Å². The van der Waals surface area contributed by atoms with Crippen molar-refractivity contribution in [1.29, 1.82) is 0 Å². The van der Waals surface area contributed by atoms with E-state index in [9.17, 15) is 9.90 Å². The van der Waals surface area contributed by atoms with Crippen molar-refractivity contribution in [3.05, 3.63) is 28.2 Å². The van der Waals surface area contributed by atoms with E-state index in [1.165, 1.54) is 6.07 Å². The molecule has 1 aliphatic rings. The molecule has 2 rings (SSSR count). The SMILES string of the molecule is CC1(C)CCCC1NC(=O)c1ccc(Br)cc1O. The molecule has 18 heavy (non-hydrogen) atoms. The molecule has 0 aromatic heterocycles. The van der Waals surface area contributed by atoms with Gasteiger partial charge in [-0.15, -0.1) is 0 Å². The van der Waals surface area contributed by atoms with Crippen LogP contribution in [0.2, 0.25) is 0 Å². The molecule has 0 heterocycles. The Bertz CT molecular complexity index is 471. The summed E-state index contributed by atoms with van der Waals surface area (Å²) in [4.78, 5) is 12.1. The van der Waals surface area contributed by atoms with Crippen molar-refractivity contribution >= 4 is 21.8 Å². The van der Waals surface area contributed by atoms with Gasteiger partial charge in [-0.2, -0.15) is 0 Å². The fourth-order valence-corrected chi connectivity index (χ4v) is 2.88. The molecule has 0 saturated heterocycles. The van der Waals surface area contributed by atoms with Crippen LogP contribution in [-0.2, 0) is 0 Å². The number of hydrogen-bond acceptors (Lipinski definition) is 2. The van der Waals surface area contributed by atoms with E-state index < -0.39 is 0 Å². The highest BCUT2D eigenvalue weighted by atomic mass is 79.9. The molecule has 0 bridgehead atoms. The predicted molar refractivity (Wildman–Crippen MR) is 74.7 cm³/mol. The number of phenols is 1. The average Bonchev–Trinajstić information content (AvgIpc) is 2.58. The molecule has 4 heteroatoms. The quantitative estimate of drug-likeness (QED) is 0.878. The summed E-state index contributed by atoms with van der Waals surface area (Å²) in [5.74, 6) is -0.183. The van der Waals surface area contributed by atoms with Gasteiger partial charge in [0.25, 0.3) is 5.91 Å². The van der Waals surface area contributed by atoms with Gasteiger partial charge < -0.3 is 10.4 Å². The van der Waals surface area contributed by atoms with E-state index in [0.717, 1.165) is 23.7 Å². The van der Waals surface area contributed by atoms with E-state index in [4.69, 9.17) is 0 Å². The number of carbonyl (C=O) groups excluding carboxylic acids is 1. The summed E-state index contributed by atoms with van der Waals surface area (Å²) in [5, 5.41) is 12.8. The van der Waals surface area contributed by atoms with Gasteiger partial charge in [0.05, 0.1) is 5.56 Å². The van der Waals surface area contributed by atoms with Gasteiger partial charge in [0, 0.05) is 10.5 Å². The smallest absolute Gasteiger partial charge is 0.255 e. The third-order valence-corrected chi connectivity index (χ3v) is 4.26. The molecule has 2 N–H and O–H groups in total. The van der Waals surface area contributed by atoms with E-state index >= 15 is 0 Å². The summed E-state index contributed by atoms with van der Waals surface area (Å²) < 4.78 is 0.762. The van der Waals surface area contributed by atoms with E-state index in [1.807, 2.05) is 0 Å². The summed E-state index contributed by atoms with van der Waals surface area (Å²) in [6.07, 6.45) is 3.28. The lowest BCUT2D eigenvalue weighted by molar-refractivity contribution is 0.0907. The molecule has 1 atom stereocenters. The van der Waals surface area contributed by atoms with E-state index in [2.05, 4.69) is 35.1 Å². The van der Waals surface area contributed by atoms with Crippen LogP contribution >= 0.6 is 15.9 Å². The Morgan fingerprint density at radius 2 is 2.22 bits per heavy atom. The van der Waals surface area contributed by atoms with Crippen molar-refractivity contribution in [2.24, 2.45) is 5.41 Å². The highest BCUT2D eigenvalue weighted by Gasteiger charge is 2.35. The molecule has 1 amide bonds. The van der Waals surface area contributed by atoms with Crippen molar-refractivity contribution in [3.8, 4) is 5.75 Å². The number of halogens is 1. The Balaban J connectivity index is 2.13. The predicted octanol–water partition coefficient (Wildman–Crippen LogP) is 3.46. The normalized spacial score (nSPS) is 21.8. The second-order valence-electron chi connectivity index (χ2n) is 5.57. The largest absolute Gasteiger partial charge is 0.507 e. The Labute approximate surface area is 116 Å². The molecule has 1 unspecified atom stereocenters.